The standard InChI is InChI=1S/C21H31N5O2S/c1-15(2)14-18(22-20(27)17-7-5-4-6-16(17)3)19-23-24-21(29)26(19)9-8-25-10-12-28-13-11-25/h4-7,15,18H,8-14H2,1-3H3,(H,22,27)(H,24,29). The average Bonchev–Trinajstić information content (AvgIpc) is 3.07. The number of nitrogens with zero attached hydrogens (tertiary/aromatic N) is 3. The minimum atomic E-state index is -0.209. The Labute approximate surface area is 177 Å². The highest BCUT2D eigenvalue weighted by Crippen LogP contribution is 2.21. The van der Waals surface area contributed by atoms with Crippen molar-refractivity contribution in [3.05, 3.63) is 46.0 Å². The number of hydrogen-bond acceptors (Lipinski definition) is 5. The molecule has 8 heteroatoms. The number of ether oxygens (including phenoxy) is 1. The van der Waals surface area contributed by atoms with Crippen LogP contribution in [0.25, 0.3) is 0 Å². The number of benzene rings is 1. The van der Waals surface area contributed by atoms with Gasteiger partial charge in [0, 0.05) is 31.7 Å². The molecule has 158 valence electrons. The van der Waals surface area contributed by atoms with Gasteiger partial charge < -0.3 is 14.6 Å². The van der Waals surface area contributed by atoms with Crippen molar-refractivity contribution >= 4 is 18.1 Å². The molecule has 0 spiro atoms. The first-order valence-electron chi connectivity index (χ1n) is 10.3. The highest BCUT2D eigenvalue weighted by atomic mass is 32.1. The van der Waals surface area contributed by atoms with Crippen molar-refractivity contribution in [1.29, 1.82) is 0 Å². The number of H-pyrrole nitrogens is 1. The molecule has 0 saturated carbocycles. The predicted octanol–water partition coefficient (Wildman–Crippen LogP) is 3.10. The smallest absolute Gasteiger partial charge is 0.252 e. The molecule has 1 aromatic carbocycles. The van der Waals surface area contributed by atoms with Crippen molar-refractivity contribution < 1.29 is 9.53 Å². The van der Waals surface area contributed by atoms with Gasteiger partial charge in [0.25, 0.3) is 5.91 Å². The third-order valence-electron chi connectivity index (χ3n) is 5.25. The number of aromatic nitrogens is 3. The van der Waals surface area contributed by atoms with E-state index in [4.69, 9.17) is 17.0 Å². The molecule has 1 atom stereocenters. The maximum atomic E-state index is 12.9. The molecule has 1 amide bonds. The third kappa shape index (κ3) is 5.74. The van der Waals surface area contributed by atoms with Crippen LogP contribution in [0.1, 0.15) is 48.1 Å². The molecule has 2 N–H and O–H groups in total. The van der Waals surface area contributed by atoms with Crippen LogP contribution in [-0.2, 0) is 11.3 Å². The van der Waals surface area contributed by atoms with Crippen LogP contribution in [0.15, 0.2) is 24.3 Å². The number of hydrogen-bond donors (Lipinski definition) is 2. The number of carbonyl (C=O) groups is 1. The van der Waals surface area contributed by atoms with Gasteiger partial charge in [-0.2, -0.15) is 5.10 Å². The van der Waals surface area contributed by atoms with Gasteiger partial charge >= 0.3 is 0 Å². The summed E-state index contributed by atoms with van der Waals surface area (Å²) in [6, 6.07) is 7.42. The topological polar surface area (TPSA) is 75.2 Å². The Morgan fingerprint density at radius 3 is 2.69 bits per heavy atom. The lowest BCUT2D eigenvalue weighted by Crippen LogP contribution is -2.38. The zero-order valence-corrected chi connectivity index (χ0v) is 18.3. The van der Waals surface area contributed by atoms with Crippen LogP contribution >= 0.6 is 12.2 Å². The normalized spacial score (nSPS) is 16.1. The van der Waals surface area contributed by atoms with E-state index in [0.29, 0.717) is 16.3 Å². The lowest BCUT2D eigenvalue weighted by Gasteiger charge is -2.27. The molecule has 2 heterocycles. The number of aryl methyl sites for hydroxylation is 1. The molecule has 0 radical (unpaired) electrons. The molecule has 29 heavy (non-hydrogen) atoms. The number of aromatic amines is 1. The van der Waals surface area contributed by atoms with Crippen LogP contribution in [0.2, 0.25) is 0 Å². The van der Waals surface area contributed by atoms with Crippen molar-refractivity contribution in [1.82, 2.24) is 25.0 Å². The number of rotatable bonds is 8. The summed E-state index contributed by atoms with van der Waals surface area (Å²) >= 11 is 5.49. The maximum Gasteiger partial charge on any atom is 0.252 e. The molecule has 1 saturated heterocycles. The summed E-state index contributed by atoms with van der Waals surface area (Å²) in [7, 11) is 0. The zero-order valence-electron chi connectivity index (χ0n) is 17.5. The van der Waals surface area contributed by atoms with Crippen molar-refractivity contribution in [3.8, 4) is 0 Å². The summed E-state index contributed by atoms with van der Waals surface area (Å²) in [5.74, 6) is 1.11. The fourth-order valence-electron chi connectivity index (χ4n) is 3.64. The largest absolute Gasteiger partial charge is 0.379 e. The second-order valence-electron chi connectivity index (χ2n) is 7.96. The molecule has 7 nitrogen and oxygen atoms in total. The minimum absolute atomic E-state index is 0.0811. The van der Waals surface area contributed by atoms with E-state index >= 15 is 0 Å². The second-order valence-corrected chi connectivity index (χ2v) is 8.35. The highest BCUT2D eigenvalue weighted by molar-refractivity contribution is 7.71. The van der Waals surface area contributed by atoms with Gasteiger partial charge in [0.2, 0.25) is 0 Å². The van der Waals surface area contributed by atoms with E-state index in [0.717, 1.165) is 57.2 Å². The van der Waals surface area contributed by atoms with E-state index in [1.54, 1.807) is 0 Å². The van der Waals surface area contributed by atoms with E-state index in [1.807, 2.05) is 35.8 Å². The van der Waals surface area contributed by atoms with Crippen molar-refractivity contribution in [2.24, 2.45) is 5.92 Å². The molecular weight excluding hydrogens is 386 g/mol. The first-order valence-corrected chi connectivity index (χ1v) is 10.7. The van der Waals surface area contributed by atoms with Gasteiger partial charge in [-0.05, 0) is 43.1 Å². The molecule has 0 bridgehead atoms. The number of carbonyl (C=O) groups excluding carboxylic acids is 1. The molecule has 1 aliphatic rings. The zero-order chi connectivity index (χ0) is 20.8. The molecule has 1 aliphatic heterocycles. The lowest BCUT2D eigenvalue weighted by atomic mass is 10.0. The quantitative estimate of drug-likeness (QED) is 0.646. The molecule has 1 aromatic heterocycles. The van der Waals surface area contributed by atoms with E-state index in [9.17, 15) is 4.79 Å². The Hall–Kier alpha value is -2.03. The second kappa shape index (κ2) is 10.1. The van der Waals surface area contributed by atoms with Gasteiger partial charge in [0.15, 0.2) is 10.6 Å². The minimum Gasteiger partial charge on any atom is -0.379 e. The van der Waals surface area contributed by atoms with Gasteiger partial charge in [-0.15, -0.1) is 0 Å². The van der Waals surface area contributed by atoms with E-state index in [-0.39, 0.29) is 11.9 Å². The number of amides is 1. The van der Waals surface area contributed by atoms with Crippen LogP contribution in [-0.4, -0.2) is 58.4 Å². The molecule has 1 fully saturated rings. The van der Waals surface area contributed by atoms with Crippen molar-refractivity contribution in [2.75, 3.05) is 32.8 Å². The summed E-state index contributed by atoms with van der Waals surface area (Å²) < 4.78 is 8.04. The average molecular weight is 418 g/mol. The summed E-state index contributed by atoms with van der Waals surface area (Å²) in [4.78, 5) is 15.3. The van der Waals surface area contributed by atoms with Gasteiger partial charge in [-0.25, -0.2) is 0 Å². The van der Waals surface area contributed by atoms with Gasteiger partial charge in [0.1, 0.15) is 0 Å². The van der Waals surface area contributed by atoms with Crippen LogP contribution in [0.5, 0.6) is 0 Å². The Morgan fingerprint density at radius 1 is 1.28 bits per heavy atom. The fourth-order valence-corrected chi connectivity index (χ4v) is 3.87. The SMILES string of the molecule is Cc1ccccc1C(=O)NC(CC(C)C)c1n[nH]c(=S)n1CCN1CCOCC1. The summed E-state index contributed by atoms with van der Waals surface area (Å²) in [5, 5.41) is 10.6. The maximum absolute atomic E-state index is 12.9. The first kappa shape index (κ1) is 21.7. The third-order valence-corrected chi connectivity index (χ3v) is 5.56. The fraction of sp³-hybridized carbons (Fsp3) is 0.571. The number of nitrogens with one attached hydrogen (secondary N) is 2. The summed E-state index contributed by atoms with van der Waals surface area (Å²) in [6.45, 7) is 11.3. The molecular formula is C21H31N5O2S. The Morgan fingerprint density at radius 2 is 2.00 bits per heavy atom. The van der Waals surface area contributed by atoms with Crippen molar-refractivity contribution in [2.45, 2.75) is 39.8 Å². The van der Waals surface area contributed by atoms with Crippen molar-refractivity contribution in [3.63, 3.8) is 0 Å². The molecule has 1 unspecified atom stereocenters. The predicted molar refractivity (Wildman–Crippen MR) is 116 cm³/mol. The van der Waals surface area contributed by atoms with Gasteiger partial charge in [-0.1, -0.05) is 32.0 Å². The first-order chi connectivity index (χ1) is 14.0. The molecule has 0 aliphatic carbocycles. The van der Waals surface area contributed by atoms with Crippen LogP contribution in [0.4, 0.5) is 0 Å². The Balaban J connectivity index is 1.78. The Kier molecular flexibility index (Phi) is 7.57. The lowest BCUT2D eigenvalue weighted by molar-refractivity contribution is 0.0361. The van der Waals surface area contributed by atoms with Crippen LogP contribution in [0.3, 0.4) is 0 Å². The van der Waals surface area contributed by atoms with E-state index < -0.39 is 0 Å². The van der Waals surface area contributed by atoms with E-state index in [1.165, 1.54) is 0 Å². The summed E-state index contributed by atoms with van der Waals surface area (Å²) in [5.41, 5.74) is 1.65. The summed E-state index contributed by atoms with van der Waals surface area (Å²) in [6.07, 6.45) is 0.787. The molecule has 2 aromatic rings. The Bertz CT molecular complexity index is 870. The molecule has 3 rings (SSSR count). The van der Waals surface area contributed by atoms with Gasteiger partial charge in [0.05, 0.1) is 19.3 Å². The van der Waals surface area contributed by atoms with Crippen LogP contribution < -0.4 is 5.32 Å². The van der Waals surface area contributed by atoms with Crippen LogP contribution in [0, 0.1) is 17.6 Å². The number of morpholine rings is 1. The van der Waals surface area contributed by atoms with E-state index in [2.05, 4.69) is 34.3 Å². The highest BCUT2D eigenvalue weighted by Gasteiger charge is 2.23. The monoisotopic (exact) mass is 417 g/mol. The van der Waals surface area contributed by atoms with Gasteiger partial charge in [-0.3, -0.25) is 14.8 Å².